The van der Waals surface area contributed by atoms with Gasteiger partial charge in [-0.15, -0.1) is 0 Å². The molecule has 0 radical (unpaired) electrons. The molecular weight excluding hydrogens is 344 g/mol. The van der Waals surface area contributed by atoms with Crippen molar-refractivity contribution in [2.24, 2.45) is 0 Å². The zero-order valence-corrected chi connectivity index (χ0v) is 15.1. The first-order valence-corrected chi connectivity index (χ1v) is 9.08. The van der Waals surface area contributed by atoms with Crippen molar-refractivity contribution in [3.63, 3.8) is 0 Å². The maximum atomic E-state index is 12.8. The molecule has 4 rings (SSSR count). The molecule has 0 unspecified atom stereocenters. The van der Waals surface area contributed by atoms with E-state index in [1.54, 1.807) is 4.68 Å². The Morgan fingerprint density at radius 3 is 2.50 bits per heavy atom. The second-order valence-electron chi connectivity index (χ2n) is 6.36. The molecule has 5 nitrogen and oxygen atoms in total. The van der Waals surface area contributed by atoms with E-state index >= 15 is 0 Å². The van der Waals surface area contributed by atoms with Gasteiger partial charge in [-0.3, -0.25) is 9.89 Å². The predicted molar refractivity (Wildman–Crippen MR) is 106 cm³/mol. The first kappa shape index (κ1) is 16.6. The van der Waals surface area contributed by atoms with Crippen LogP contribution in [0.1, 0.15) is 16.8 Å². The van der Waals surface area contributed by atoms with Crippen LogP contribution in [-0.4, -0.2) is 26.3 Å². The monoisotopic (exact) mass is 364 g/mol. The fourth-order valence-corrected chi connectivity index (χ4v) is 3.45. The highest BCUT2D eigenvalue weighted by atomic mass is 32.1. The van der Waals surface area contributed by atoms with Crippen LogP contribution in [0.4, 0.5) is 0 Å². The Morgan fingerprint density at radius 2 is 1.77 bits per heavy atom. The van der Waals surface area contributed by atoms with Crippen LogP contribution >= 0.6 is 12.2 Å². The molecule has 0 atom stereocenters. The summed E-state index contributed by atoms with van der Waals surface area (Å²) in [4.78, 5) is 14.9. The highest BCUT2D eigenvalue weighted by Crippen LogP contribution is 2.16. The molecule has 3 aromatic rings. The van der Waals surface area contributed by atoms with Gasteiger partial charge in [0.05, 0.1) is 17.8 Å². The quantitative estimate of drug-likeness (QED) is 0.702. The fraction of sp³-hybridized carbons (Fsp3) is 0.200. The number of para-hydroxylation sites is 1. The predicted octanol–water partition coefficient (Wildman–Crippen LogP) is 2.60. The van der Waals surface area contributed by atoms with Gasteiger partial charge in [0.2, 0.25) is 0 Å². The van der Waals surface area contributed by atoms with Crippen LogP contribution < -0.4 is 10.9 Å². The van der Waals surface area contributed by atoms with Gasteiger partial charge in [0.15, 0.2) is 5.11 Å². The van der Waals surface area contributed by atoms with Gasteiger partial charge in [-0.1, -0.05) is 48.5 Å². The van der Waals surface area contributed by atoms with Crippen LogP contribution in [0.25, 0.3) is 5.69 Å². The van der Waals surface area contributed by atoms with E-state index in [0.717, 1.165) is 29.9 Å². The summed E-state index contributed by atoms with van der Waals surface area (Å²) in [6.07, 6.45) is 0.775. The molecule has 0 bridgehead atoms. The zero-order valence-electron chi connectivity index (χ0n) is 14.3. The third kappa shape index (κ3) is 3.28. The van der Waals surface area contributed by atoms with Crippen LogP contribution in [0, 0.1) is 0 Å². The zero-order chi connectivity index (χ0) is 17.9. The second-order valence-corrected chi connectivity index (χ2v) is 6.75. The van der Waals surface area contributed by atoms with E-state index in [0.29, 0.717) is 18.2 Å². The number of thiocarbonyl (C=S) groups is 1. The van der Waals surface area contributed by atoms with Gasteiger partial charge in [-0.05, 0) is 29.9 Å². The van der Waals surface area contributed by atoms with Crippen molar-refractivity contribution in [1.82, 2.24) is 20.0 Å². The first-order chi connectivity index (χ1) is 12.7. The Hall–Kier alpha value is -2.86. The van der Waals surface area contributed by atoms with Crippen LogP contribution in [0.2, 0.25) is 0 Å². The molecule has 1 aliphatic heterocycles. The van der Waals surface area contributed by atoms with Crippen molar-refractivity contribution >= 4 is 17.3 Å². The topological polar surface area (TPSA) is 53.1 Å². The van der Waals surface area contributed by atoms with E-state index in [9.17, 15) is 4.79 Å². The fourth-order valence-electron chi connectivity index (χ4n) is 3.22. The number of aromatic amines is 1. The number of nitrogens with one attached hydrogen (secondary N) is 2. The summed E-state index contributed by atoms with van der Waals surface area (Å²) in [5.74, 6) is 0. The molecule has 0 amide bonds. The molecule has 132 valence electrons. The summed E-state index contributed by atoms with van der Waals surface area (Å²) in [6.45, 7) is 2.01. The SMILES string of the molecule is O=c1c2c([nH]n1-c1ccccc1)CCN(C(=S)NCc1ccccc1)C2. The average Bonchev–Trinajstić information content (AvgIpc) is 3.04. The first-order valence-electron chi connectivity index (χ1n) is 8.67. The molecule has 0 aliphatic carbocycles. The highest BCUT2D eigenvalue weighted by Gasteiger charge is 2.24. The Kier molecular flexibility index (Phi) is 4.58. The van der Waals surface area contributed by atoms with E-state index < -0.39 is 0 Å². The number of rotatable bonds is 3. The van der Waals surface area contributed by atoms with Crippen molar-refractivity contribution in [3.05, 3.63) is 87.8 Å². The van der Waals surface area contributed by atoms with E-state index in [1.807, 2.05) is 48.5 Å². The largest absolute Gasteiger partial charge is 0.358 e. The van der Waals surface area contributed by atoms with Crippen LogP contribution in [0.5, 0.6) is 0 Å². The molecule has 2 aromatic carbocycles. The van der Waals surface area contributed by atoms with Gasteiger partial charge in [0, 0.05) is 25.2 Å². The average molecular weight is 364 g/mol. The summed E-state index contributed by atoms with van der Waals surface area (Å²) in [5, 5.41) is 7.23. The maximum Gasteiger partial charge on any atom is 0.276 e. The molecule has 2 heterocycles. The van der Waals surface area contributed by atoms with Crippen molar-refractivity contribution in [3.8, 4) is 5.69 Å². The van der Waals surface area contributed by atoms with Crippen LogP contribution in [0.3, 0.4) is 0 Å². The van der Waals surface area contributed by atoms with Crippen molar-refractivity contribution in [1.29, 1.82) is 0 Å². The maximum absolute atomic E-state index is 12.8. The Balaban J connectivity index is 1.48. The summed E-state index contributed by atoms with van der Waals surface area (Å²) >= 11 is 5.54. The number of hydrogen-bond donors (Lipinski definition) is 2. The Morgan fingerprint density at radius 1 is 1.08 bits per heavy atom. The van der Waals surface area contributed by atoms with Gasteiger partial charge in [0.25, 0.3) is 5.56 Å². The van der Waals surface area contributed by atoms with Gasteiger partial charge in [-0.2, -0.15) is 0 Å². The third-order valence-electron chi connectivity index (χ3n) is 4.64. The molecule has 0 fully saturated rings. The summed E-state index contributed by atoms with van der Waals surface area (Å²) in [7, 11) is 0. The molecule has 26 heavy (non-hydrogen) atoms. The lowest BCUT2D eigenvalue weighted by Crippen LogP contribution is -2.43. The summed E-state index contributed by atoms with van der Waals surface area (Å²) in [6, 6.07) is 19.8. The normalized spacial score (nSPS) is 13.3. The molecule has 1 aromatic heterocycles. The van der Waals surface area contributed by atoms with Crippen LogP contribution in [0.15, 0.2) is 65.5 Å². The molecule has 1 aliphatic rings. The number of H-pyrrole nitrogens is 1. The van der Waals surface area contributed by atoms with Gasteiger partial charge in [-0.25, -0.2) is 4.68 Å². The number of hydrogen-bond acceptors (Lipinski definition) is 2. The standard InChI is InChI=1S/C20H20N4OS/c25-19-17-14-23(20(26)21-13-15-7-3-1-4-8-15)12-11-18(17)22-24(19)16-9-5-2-6-10-16/h1-10,22H,11-14H2,(H,21,26). The lowest BCUT2D eigenvalue weighted by atomic mass is 10.1. The highest BCUT2D eigenvalue weighted by molar-refractivity contribution is 7.80. The van der Waals surface area contributed by atoms with E-state index in [2.05, 4.69) is 27.4 Å². The lowest BCUT2D eigenvalue weighted by molar-refractivity contribution is 0.384. The lowest BCUT2D eigenvalue weighted by Gasteiger charge is -2.28. The molecular formula is C20H20N4OS. The Bertz CT molecular complexity index is 962. The van der Waals surface area contributed by atoms with Crippen LogP contribution in [-0.2, 0) is 19.5 Å². The van der Waals surface area contributed by atoms with Crippen molar-refractivity contribution in [2.75, 3.05) is 6.54 Å². The van der Waals surface area contributed by atoms with Gasteiger partial charge in [0.1, 0.15) is 0 Å². The van der Waals surface area contributed by atoms with E-state index in [4.69, 9.17) is 12.2 Å². The molecule has 6 heteroatoms. The van der Waals surface area contributed by atoms with Crippen molar-refractivity contribution < 1.29 is 0 Å². The van der Waals surface area contributed by atoms with Crippen molar-refractivity contribution in [2.45, 2.75) is 19.5 Å². The number of fused-ring (bicyclic) bond motifs is 1. The summed E-state index contributed by atoms with van der Waals surface area (Å²) < 4.78 is 1.62. The number of aromatic nitrogens is 2. The molecule has 2 N–H and O–H groups in total. The molecule has 0 saturated carbocycles. The minimum Gasteiger partial charge on any atom is -0.358 e. The minimum atomic E-state index is 0.00163. The van der Waals surface area contributed by atoms with Gasteiger partial charge >= 0.3 is 0 Å². The number of benzene rings is 2. The Labute approximate surface area is 157 Å². The minimum absolute atomic E-state index is 0.00163. The number of nitrogens with zero attached hydrogens (tertiary/aromatic N) is 2. The molecule has 0 spiro atoms. The second kappa shape index (κ2) is 7.17. The van der Waals surface area contributed by atoms with Gasteiger partial charge < -0.3 is 10.2 Å². The smallest absolute Gasteiger partial charge is 0.276 e. The van der Waals surface area contributed by atoms with E-state index in [1.165, 1.54) is 5.56 Å². The van der Waals surface area contributed by atoms with E-state index in [-0.39, 0.29) is 5.56 Å². The molecule has 0 saturated heterocycles. The summed E-state index contributed by atoms with van der Waals surface area (Å²) in [5.41, 5.74) is 3.83. The third-order valence-corrected chi connectivity index (χ3v) is 5.04.